The number of nitrogens with one attached hydrogen (secondary N) is 1. The zero-order valence-corrected chi connectivity index (χ0v) is 10.3. The van der Waals surface area contributed by atoms with Crippen molar-refractivity contribution in [3.05, 3.63) is 0 Å². The quantitative estimate of drug-likeness (QED) is 0.773. The summed E-state index contributed by atoms with van der Waals surface area (Å²) < 4.78 is 0. The van der Waals surface area contributed by atoms with E-state index < -0.39 is 0 Å². The third kappa shape index (κ3) is 2.46. The molecule has 0 aromatic rings. The van der Waals surface area contributed by atoms with Crippen LogP contribution in [0.3, 0.4) is 0 Å². The molecule has 1 aliphatic carbocycles. The SMILES string of the molecule is CC1CC(NCC2CCCCS2)C1C. The lowest BCUT2D eigenvalue weighted by Crippen LogP contribution is -2.49. The largest absolute Gasteiger partial charge is 0.313 e. The molecule has 14 heavy (non-hydrogen) atoms. The summed E-state index contributed by atoms with van der Waals surface area (Å²) in [5.74, 6) is 3.25. The fourth-order valence-electron chi connectivity index (χ4n) is 2.55. The van der Waals surface area contributed by atoms with Crippen molar-refractivity contribution < 1.29 is 0 Å². The monoisotopic (exact) mass is 213 g/mol. The highest BCUT2D eigenvalue weighted by Gasteiger charge is 2.34. The van der Waals surface area contributed by atoms with Crippen molar-refractivity contribution >= 4 is 11.8 Å². The van der Waals surface area contributed by atoms with Crippen LogP contribution < -0.4 is 5.32 Å². The first-order valence-corrected chi connectivity index (χ1v) is 7.17. The van der Waals surface area contributed by atoms with E-state index in [1.165, 1.54) is 38.0 Å². The summed E-state index contributed by atoms with van der Waals surface area (Å²) in [7, 11) is 0. The molecular formula is C12H23NS. The summed E-state index contributed by atoms with van der Waals surface area (Å²) in [5, 5.41) is 4.66. The summed E-state index contributed by atoms with van der Waals surface area (Å²) in [5.41, 5.74) is 0. The van der Waals surface area contributed by atoms with Gasteiger partial charge in [0.15, 0.2) is 0 Å². The van der Waals surface area contributed by atoms with E-state index in [0.29, 0.717) is 0 Å². The van der Waals surface area contributed by atoms with Gasteiger partial charge in [-0.05, 0) is 36.9 Å². The number of hydrogen-bond donors (Lipinski definition) is 1. The maximum absolute atomic E-state index is 3.75. The Morgan fingerprint density at radius 3 is 2.71 bits per heavy atom. The van der Waals surface area contributed by atoms with E-state index in [0.717, 1.165) is 23.1 Å². The van der Waals surface area contributed by atoms with Gasteiger partial charge in [-0.3, -0.25) is 0 Å². The molecule has 2 fully saturated rings. The molecule has 1 saturated heterocycles. The summed E-state index contributed by atoms with van der Waals surface area (Å²) in [6, 6.07) is 0.826. The van der Waals surface area contributed by atoms with Gasteiger partial charge in [0.2, 0.25) is 0 Å². The first kappa shape index (κ1) is 10.8. The zero-order valence-electron chi connectivity index (χ0n) is 9.46. The van der Waals surface area contributed by atoms with Gasteiger partial charge in [0, 0.05) is 17.8 Å². The molecule has 2 rings (SSSR count). The standard InChI is InChI=1S/C12H23NS/c1-9-7-12(10(9)2)13-8-11-5-3-4-6-14-11/h9-13H,3-8H2,1-2H3. The minimum atomic E-state index is 0.826. The maximum Gasteiger partial charge on any atom is 0.0172 e. The summed E-state index contributed by atoms with van der Waals surface area (Å²) in [6.45, 7) is 6.02. The lowest BCUT2D eigenvalue weighted by Gasteiger charge is -2.42. The Balaban J connectivity index is 1.62. The van der Waals surface area contributed by atoms with Crippen molar-refractivity contribution in [2.24, 2.45) is 11.8 Å². The Morgan fingerprint density at radius 1 is 1.29 bits per heavy atom. The van der Waals surface area contributed by atoms with E-state index in [-0.39, 0.29) is 0 Å². The second-order valence-corrected chi connectivity index (χ2v) is 6.48. The molecule has 4 atom stereocenters. The van der Waals surface area contributed by atoms with Gasteiger partial charge in [0.1, 0.15) is 0 Å². The molecule has 0 radical (unpaired) electrons. The highest BCUT2D eigenvalue weighted by molar-refractivity contribution is 7.99. The van der Waals surface area contributed by atoms with Crippen molar-refractivity contribution in [2.45, 2.75) is 50.8 Å². The van der Waals surface area contributed by atoms with E-state index in [1.54, 1.807) is 0 Å². The number of rotatable bonds is 3. The second kappa shape index (κ2) is 4.89. The Bertz CT molecular complexity index is 172. The van der Waals surface area contributed by atoms with E-state index in [4.69, 9.17) is 0 Å². The number of thioether (sulfide) groups is 1. The third-order valence-corrected chi connectivity index (χ3v) is 5.44. The molecule has 0 aromatic heterocycles. The van der Waals surface area contributed by atoms with E-state index in [9.17, 15) is 0 Å². The van der Waals surface area contributed by atoms with Crippen LogP contribution in [0.1, 0.15) is 39.5 Å². The molecule has 0 amide bonds. The molecule has 0 spiro atoms. The molecule has 1 nitrogen and oxygen atoms in total. The Morgan fingerprint density at radius 2 is 2.14 bits per heavy atom. The molecule has 1 aliphatic heterocycles. The Kier molecular flexibility index (Phi) is 3.78. The first-order chi connectivity index (χ1) is 6.77. The Labute approximate surface area is 92.4 Å². The highest BCUT2D eigenvalue weighted by Crippen LogP contribution is 2.34. The topological polar surface area (TPSA) is 12.0 Å². The molecule has 0 bridgehead atoms. The fraction of sp³-hybridized carbons (Fsp3) is 1.00. The normalized spacial score (nSPS) is 43.3. The van der Waals surface area contributed by atoms with Gasteiger partial charge in [-0.25, -0.2) is 0 Å². The van der Waals surface area contributed by atoms with E-state index in [1.807, 2.05) is 0 Å². The summed E-state index contributed by atoms with van der Waals surface area (Å²) in [6.07, 6.45) is 5.74. The van der Waals surface area contributed by atoms with Crippen molar-refractivity contribution in [1.82, 2.24) is 5.32 Å². The van der Waals surface area contributed by atoms with Crippen LogP contribution in [0.15, 0.2) is 0 Å². The van der Waals surface area contributed by atoms with Gasteiger partial charge < -0.3 is 5.32 Å². The summed E-state index contributed by atoms with van der Waals surface area (Å²) in [4.78, 5) is 0. The van der Waals surface area contributed by atoms with E-state index >= 15 is 0 Å². The molecule has 1 saturated carbocycles. The van der Waals surface area contributed by atoms with Crippen molar-refractivity contribution in [1.29, 1.82) is 0 Å². The smallest absolute Gasteiger partial charge is 0.0172 e. The van der Waals surface area contributed by atoms with Gasteiger partial charge >= 0.3 is 0 Å². The zero-order chi connectivity index (χ0) is 9.97. The van der Waals surface area contributed by atoms with Crippen LogP contribution in [-0.2, 0) is 0 Å². The predicted molar refractivity (Wildman–Crippen MR) is 64.8 cm³/mol. The molecular weight excluding hydrogens is 190 g/mol. The van der Waals surface area contributed by atoms with Crippen LogP contribution in [0.5, 0.6) is 0 Å². The van der Waals surface area contributed by atoms with Gasteiger partial charge in [0.05, 0.1) is 0 Å². The fourth-order valence-corrected chi connectivity index (χ4v) is 3.80. The average molecular weight is 213 g/mol. The third-order valence-electron chi connectivity index (χ3n) is 4.04. The molecule has 2 aliphatic rings. The van der Waals surface area contributed by atoms with Crippen LogP contribution in [0.2, 0.25) is 0 Å². The highest BCUT2D eigenvalue weighted by atomic mass is 32.2. The van der Waals surface area contributed by atoms with Gasteiger partial charge in [-0.15, -0.1) is 0 Å². The minimum absolute atomic E-state index is 0.826. The summed E-state index contributed by atoms with van der Waals surface area (Å²) >= 11 is 2.18. The van der Waals surface area contributed by atoms with Gasteiger partial charge in [-0.1, -0.05) is 20.3 Å². The average Bonchev–Trinajstić information content (AvgIpc) is 2.25. The van der Waals surface area contributed by atoms with Crippen molar-refractivity contribution in [3.8, 4) is 0 Å². The van der Waals surface area contributed by atoms with Crippen LogP contribution in [0, 0.1) is 11.8 Å². The molecule has 2 heteroatoms. The van der Waals surface area contributed by atoms with Gasteiger partial charge in [0.25, 0.3) is 0 Å². The predicted octanol–water partition coefficient (Wildman–Crippen LogP) is 2.91. The Hall–Kier alpha value is 0.310. The second-order valence-electron chi connectivity index (χ2n) is 5.08. The first-order valence-electron chi connectivity index (χ1n) is 6.12. The van der Waals surface area contributed by atoms with Crippen molar-refractivity contribution in [2.75, 3.05) is 12.3 Å². The van der Waals surface area contributed by atoms with Crippen LogP contribution in [0.25, 0.3) is 0 Å². The van der Waals surface area contributed by atoms with E-state index in [2.05, 4.69) is 30.9 Å². The van der Waals surface area contributed by atoms with Gasteiger partial charge in [-0.2, -0.15) is 11.8 Å². The number of hydrogen-bond acceptors (Lipinski definition) is 2. The molecule has 82 valence electrons. The minimum Gasteiger partial charge on any atom is -0.313 e. The van der Waals surface area contributed by atoms with Crippen molar-refractivity contribution in [3.63, 3.8) is 0 Å². The molecule has 4 unspecified atom stereocenters. The molecule has 0 aromatic carbocycles. The lowest BCUT2D eigenvalue weighted by atomic mass is 9.71. The maximum atomic E-state index is 3.75. The van der Waals surface area contributed by atoms with Crippen LogP contribution in [-0.4, -0.2) is 23.6 Å². The molecule has 1 N–H and O–H groups in total. The van der Waals surface area contributed by atoms with Crippen LogP contribution >= 0.6 is 11.8 Å². The van der Waals surface area contributed by atoms with Crippen LogP contribution in [0.4, 0.5) is 0 Å². The lowest BCUT2D eigenvalue weighted by molar-refractivity contribution is 0.138. The molecule has 1 heterocycles.